The number of carboxylic acids is 1. The van der Waals surface area contributed by atoms with Gasteiger partial charge in [-0.05, 0) is 25.0 Å². The van der Waals surface area contributed by atoms with Gasteiger partial charge in [0.05, 0.1) is 5.41 Å². The number of halogens is 2. The van der Waals surface area contributed by atoms with Crippen molar-refractivity contribution in [3.63, 3.8) is 0 Å². The molecular weight excluding hydrogens is 302 g/mol. The van der Waals surface area contributed by atoms with Gasteiger partial charge in [0.1, 0.15) is 16.5 Å². The molecule has 0 aromatic heterocycles. The number of carboxylic acid groups (broad SMARTS) is 1. The lowest BCUT2D eigenvalue weighted by Crippen LogP contribution is -2.40. The van der Waals surface area contributed by atoms with E-state index in [4.69, 9.17) is 0 Å². The van der Waals surface area contributed by atoms with Crippen LogP contribution in [0.4, 0.5) is 8.78 Å². The van der Waals surface area contributed by atoms with Crippen molar-refractivity contribution < 1.29 is 27.1 Å². The van der Waals surface area contributed by atoms with E-state index < -0.39 is 43.3 Å². The van der Waals surface area contributed by atoms with Crippen LogP contribution in [0.2, 0.25) is 0 Å². The van der Waals surface area contributed by atoms with Crippen LogP contribution in [0.25, 0.3) is 0 Å². The maximum Gasteiger partial charge on any atom is 0.314 e. The first-order chi connectivity index (χ1) is 9.70. The van der Waals surface area contributed by atoms with Crippen molar-refractivity contribution in [2.24, 2.45) is 0 Å². The summed E-state index contributed by atoms with van der Waals surface area (Å²) in [6, 6.07) is 1.66. The molecule has 0 aliphatic heterocycles. The van der Waals surface area contributed by atoms with Crippen molar-refractivity contribution in [1.29, 1.82) is 0 Å². The molecule has 1 fully saturated rings. The Kier molecular flexibility index (Phi) is 4.06. The third-order valence-corrected chi connectivity index (χ3v) is 5.16. The molecule has 116 valence electrons. The SMILES string of the molecule is CS(=O)(=O)c1ccc(F)c(C2(C(=O)O)CCCCC2)c1F. The lowest BCUT2D eigenvalue weighted by molar-refractivity contribution is -0.145. The zero-order chi connectivity index (χ0) is 15.8. The second kappa shape index (κ2) is 5.36. The fourth-order valence-corrected chi connectivity index (χ4v) is 3.73. The van der Waals surface area contributed by atoms with Gasteiger partial charge in [0.2, 0.25) is 0 Å². The highest BCUT2D eigenvalue weighted by atomic mass is 32.2. The topological polar surface area (TPSA) is 71.4 Å². The molecule has 4 nitrogen and oxygen atoms in total. The number of rotatable bonds is 3. The molecule has 0 radical (unpaired) electrons. The highest BCUT2D eigenvalue weighted by Crippen LogP contribution is 2.43. The average molecular weight is 318 g/mol. The Morgan fingerprint density at radius 3 is 2.24 bits per heavy atom. The van der Waals surface area contributed by atoms with Crippen molar-refractivity contribution in [2.45, 2.75) is 42.4 Å². The normalized spacial score (nSPS) is 18.4. The molecule has 0 saturated heterocycles. The summed E-state index contributed by atoms with van der Waals surface area (Å²) in [5, 5.41) is 9.50. The minimum Gasteiger partial charge on any atom is -0.481 e. The summed E-state index contributed by atoms with van der Waals surface area (Å²) >= 11 is 0. The van der Waals surface area contributed by atoms with Crippen molar-refractivity contribution in [1.82, 2.24) is 0 Å². The minimum atomic E-state index is -3.90. The highest BCUT2D eigenvalue weighted by Gasteiger charge is 2.46. The molecular formula is C14H16F2O4S. The first-order valence-corrected chi connectivity index (χ1v) is 8.51. The van der Waals surface area contributed by atoms with Gasteiger partial charge >= 0.3 is 5.97 Å². The van der Waals surface area contributed by atoms with Gasteiger partial charge in [0, 0.05) is 11.8 Å². The van der Waals surface area contributed by atoms with Crippen LogP contribution in [-0.2, 0) is 20.0 Å². The van der Waals surface area contributed by atoms with Gasteiger partial charge in [-0.3, -0.25) is 4.79 Å². The van der Waals surface area contributed by atoms with E-state index in [1.54, 1.807) is 0 Å². The fraction of sp³-hybridized carbons (Fsp3) is 0.500. The molecule has 1 N–H and O–H groups in total. The number of sulfone groups is 1. The zero-order valence-corrected chi connectivity index (χ0v) is 12.3. The molecule has 1 saturated carbocycles. The molecule has 7 heteroatoms. The summed E-state index contributed by atoms with van der Waals surface area (Å²) in [5.41, 5.74) is -2.31. The van der Waals surface area contributed by atoms with Gasteiger partial charge in [-0.25, -0.2) is 17.2 Å². The van der Waals surface area contributed by atoms with Gasteiger partial charge < -0.3 is 5.11 Å². The molecule has 0 atom stereocenters. The van der Waals surface area contributed by atoms with E-state index in [9.17, 15) is 27.1 Å². The molecule has 2 rings (SSSR count). The van der Waals surface area contributed by atoms with E-state index >= 15 is 0 Å². The van der Waals surface area contributed by atoms with Crippen LogP contribution in [0.15, 0.2) is 17.0 Å². The maximum absolute atomic E-state index is 14.5. The van der Waals surface area contributed by atoms with Crippen molar-refractivity contribution in [3.8, 4) is 0 Å². The van der Waals surface area contributed by atoms with E-state index in [1.165, 1.54) is 0 Å². The van der Waals surface area contributed by atoms with E-state index in [1.807, 2.05) is 0 Å². The summed E-state index contributed by atoms with van der Waals surface area (Å²) in [6.07, 6.45) is 2.88. The maximum atomic E-state index is 14.5. The Balaban J connectivity index is 2.74. The van der Waals surface area contributed by atoms with E-state index in [2.05, 4.69) is 0 Å². The monoisotopic (exact) mass is 318 g/mol. The summed E-state index contributed by atoms with van der Waals surface area (Å²) in [4.78, 5) is 11.0. The summed E-state index contributed by atoms with van der Waals surface area (Å²) in [7, 11) is -3.90. The standard InChI is InChI=1S/C14H16F2O4S/c1-21(19,20)10-6-5-9(15)11(12(10)16)14(13(17)18)7-3-2-4-8-14/h5-6H,2-4,7-8H2,1H3,(H,17,18). The molecule has 1 aromatic rings. The number of carbonyl (C=O) groups is 1. The smallest absolute Gasteiger partial charge is 0.314 e. The number of hydrogen-bond acceptors (Lipinski definition) is 3. The van der Waals surface area contributed by atoms with E-state index in [0.717, 1.165) is 24.8 Å². The van der Waals surface area contributed by atoms with Gasteiger partial charge in [-0.2, -0.15) is 0 Å². The minimum absolute atomic E-state index is 0.101. The number of aliphatic carboxylic acids is 1. The second-order valence-corrected chi connectivity index (χ2v) is 7.44. The molecule has 0 amide bonds. The van der Waals surface area contributed by atoms with Crippen LogP contribution in [0.5, 0.6) is 0 Å². The molecule has 1 aliphatic rings. The quantitative estimate of drug-likeness (QED) is 0.870. The first kappa shape index (κ1) is 15.9. The van der Waals surface area contributed by atoms with Crippen molar-refractivity contribution in [2.75, 3.05) is 6.26 Å². The van der Waals surface area contributed by atoms with Gasteiger partial charge in [-0.1, -0.05) is 19.3 Å². The fourth-order valence-electron chi connectivity index (χ4n) is 2.98. The summed E-state index contributed by atoms with van der Waals surface area (Å²) in [6.45, 7) is 0. The Morgan fingerprint density at radius 2 is 1.76 bits per heavy atom. The van der Waals surface area contributed by atoms with Gasteiger partial charge in [-0.15, -0.1) is 0 Å². The predicted molar refractivity (Wildman–Crippen MR) is 71.9 cm³/mol. The Bertz CT molecular complexity index is 676. The van der Waals surface area contributed by atoms with E-state index in [0.29, 0.717) is 12.8 Å². The van der Waals surface area contributed by atoms with Crippen LogP contribution in [0.1, 0.15) is 37.7 Å². The molecule has 0 spiro atoms. The van der Waals surface area contributed by atoms with E-state index in [-0.39, 0.29) is 12.8 Å². The average Bonchev–Trinajstić information content (AvgIpc) is 2.38. The predicted octanol–water partition coefficient (Wildman–Crippen LogP) is 2.65. The summed E-state index contributed by atoms with van der Waals surface area (Å²) in [5.74, 6) is -3.60. The van der Waals surface area contributed by atoms with Crippen LogP contribution < -0.4 is 0 Å². The van der Waals surface area contributed by atoms with Gasteiger partial charge in [0.15, 0.2) is 9.84 Å². The molecule has 1 aliphatic carbocycles. The highest BCUT2D eigenvalue weighted by molar-refractivity contribution is 7.90. The first-order valence-electron chi connectivity index (χ1n) is 6.62. The van der Waals surface area contributed by atoms with Crippen LogP contribution in [0, 0.1) is 11.6 Å². The van der Waals surface area contributed by atoms with Crippen LogP contribution >= 0.6 is 0 Å². The Labute approximate surface area is 121 Å². The van der Waals surface area contributed by atoms with Crippen molar-refractivity contribution in [3.05, 3.63) is 29.3 Å². The van der Waals surface area contributed by atoms with Gasteiger partial charge in [0.25, 0.3) is 0 Å². The molecule has 0 heterocycles. The molecule has 0 unspecified atom stereocenters. The Morgan fingerprint density at radius 1 is 1.19 bits per heavy atom. The second-order valence-electron chi connectivity index (χ2n) is 5.45. The van der Waals surface area contributed by atoms with Crippen LogP contribution in [0.3, 0.4) is 0 Å². The third kappa shape index (κ3) is 2.66. The van der Waals surface area contributed by atoms with Crippen LogP contribution in [-0.4, -0.2) is 25.7 Å². The lowest BCUT2D eigenvalue weighted by atomic mass is 9.69. The zero-order valence-electron chi connectivity index (χ0n) is 11.5. The number of benzene rings is 1. The molecule has 0 bridgehead atoms. The summed E-state index contributed by atoms with van der Waals surface area (Å²) < 4.78 is 51.8. The molecule has 21 heavy (non-hydrogen) atoms. The molecule has 1 aromatic carbocycles. The number of hydrogen-bond donors (Lipinski definition) is 1. The van der Waals surface area contributed by atoms with Crippen molar-refractivity contribution >= 4 is 15.8 Å². The lowest BCUT2D eigenvalue weighted by Gasteiger charge is -2.34. The largest absolute Gasteiger partial charge is 0.481 e. The Hall–Kier alpha value is -1.50. The third-order valence-electron chi connectivity index (χ3n) is 4.05.